The lowest BCUT2D eigenvalue weighted by atomic mass is 10.1. The van der Waals surface area contributed by atoms with Crippen molar-refractivity contribution in [1.29, 1.82) is 0 Å². The molecule has 0 heterocycles. The van der Waals surface area contributed by atoms with Gasteiger partial charge in [0.2, 0.25) is 0 Å². The largest absolute Gasteiger partial charge is 0.466 e. The predicted molar refractivity (Wildman–Crippen MR) is 121 cm³/mol. The van der Waals surface area contributed by atoms with Crippen LogP contribution in [0.1, 0.15) is 96.8 Å². The van der Waals surface area contributed by atoms with Gasteiger partial charge in [0, 0.05) is 17.3 Å². The van der Waals surface area contributed by atoms with Crippen LogP contribution in [-0.4, -0.2) is 18.5 Å². The second-order valence-electron chi connectivity index (χ2n) is 7.54. The summed E-state index contributed by atoms with van der Waals surface area (Å²) < 4.78 is 11.4. The van der Waals surface area contributed by atoms with Crippen molar-refractivity contribution in [3.8, 4) is 5.75 Å². The quantitative estimate of drug-likeness (QED) is 0.136. The molecule has 0 amide bonds. The van der Waals surface area contributed by atoms with Gasteiger partial charge in [0.15, 0.2) is 0 Å². The fourth-order valence-electron chi connectivity index (χ4n) is 3.09. The number of ether oxygens (including phenoxy) is 2. The van der Waals surface area contributed by atoms with E-state index in [4.69, 9.17) is 9.47 Å². The predicted octanol–water partition coefficient (Wildman–Crippen LogP) is 7.38. The molecule has 164 valence electrons. The molecule has 0 unspecified atom stereocenters. The molecule has 0 spiro atoms. The smallest absolute Gasteiger partial charge is 0.311 e. The van der Waals surface area contributed by atoms with E-state index in [1.807, 2.05) is 12.1 Å². The highest BCUT2D eigenvalue weighted by Crippen LogP contribution is 2.17. The third-order valence-corrected chi connectivity index (χ3v) is 5.35. The normalized spacial score (nSPS) is 10.7. The van der Waals surface area contributed by atoms with E-state index < -0.39 is 0 Å². The van der Waals surface area contributed by atoms with Gasteiger partial charge in [-0.25, -0.2) is 0 Å². The Bertz CT molecular complexity index is 557. The molecule has 0 aliphatic heterocycles. The number of rotatable bonds is 17. The lowest BCUT2D eigenvalue weighted by Gasteiger charge is -2.06. The molecule has 0 aliphatic carbocycles. The van der Waals surface area contributed by atoms with Crippen molar-refractivity contribution in [3.63, 3.8) is 0 Å². The van der Waals surface area contributed by atoms with E-state index >= 15 is 0 Å². The molecule has 0 saturated heterocycles. The molecule has 29 heavy (non-hydrogen) atoms. The number of benzene rings is 1. The Labute approximate surface area is 184 Å². The summed E-state index contributed by atoms with van der Waals surface area (Å²) in [5.41, 5.74) is 0. The molecule has 0 N–H and O–H groups in total. The minimum atomic E-state index is -0.328. The molecule has 1 aromatic carbocycles. The second kappa shape index (κ2) is 17.5. The number of carbonyl (C=O) groups excluding carboxylic acids is 2. The van der Waals surface area contributed by atoms with E-state index in [0.717, 1.165) is 17.3 Å². The van der Waals surface area contributed by atoms with Gasteiger partial charge in [-0.05, 0) is 37.1 Å². The monoisotopic (exact) mass is 468 g/mol. The van der Waals surface area contributed by atoms with Crippen LogP contribution in [0.5, 0.6) is 5.75 Å². The van der Waals surface area contributed by atoms with Gasteiger partial charge in [0.05, 0.1) is 6.61 Å². The topological polar surface area (TPSA) is 52.6 Å². The van der Waals surface area contributed by atoms with Gasteiger partial charge in [0.25, 0.3) is 0 Å². The van der Waals surface area contributed by atoms with Crippen LogP contribution in [0.25, 0.3) is 0 Å². The zero-order chi connectivity index (χ0) is 21.2. The Kier molecular flexibility index (Phi) is 15.5. The van der Waals surface area contributed by atoms with Gasteiger partial charge in [0.1, 0.15) is 5.75 Å². The lowest BCUT2D eigenvalue weighted by molar-refractivity contribution is -0.144. The highest BCUT2D eigenvalue weighted by molar-refractivity contribution is 9.10. The Morgan fingerprint density at radius 2 is 1.24 bits per heavy atom. The highest BCUT2D eigenvalue weighted by Gasteiger charge is 2.08. The van der Waals surface area contributed by atoms with Crippen LogP contribution >= 0.6 is 15.9 Å². The fourth-order valence-corrected chi connectivity index (χ4v) is 3.35. The molecular formula is C24H37BrO4. The summed E-state index contributed by atoms with van der Waals surface area (Å²) >= 11 is 3.33. The summed E-state index contributed by atoms with van der Waals surface area (Å²) in [4.78, 5) is 23.5. The Morgan fingerprint density at radius 3 is 1.83 bits per heavy atom. The maximum atomic E-state index is 11.8. The lowest BCUT2D eigenvalue weighted by Crippen LogP contribution is -2.10. The molecule has 0 radical (unpaired) electrons. The molecule has 0 aliphatic rings. The minimum Gasteiger partial charge on any atom is -0.466 e. The van der Waals surface area contributed by atoms with Crippen LogP contribution in [0.3, 0.4) is 0 Å². The second-order valence-corrected chi connectivity index (χ2v) is 8.45. The summed E-state index contributed by atoms with van der Waals surface area (Å²) in [6.45, 7) is 2.74. The summed E-state index contributed by atoms with van der Waals surface area (Å²) in [5, 5.41) is 0. The first-order valence-corrected chi connectivity index (χ1v) is 12.0. The SMILES string of the molecule is CCCCCCCCCCCCCOC(=O)CCCC(=O)Oc1ccc(Br)cc1. The van der Waals surface area contributed by atoms with Crippen molar-refractivity contribution >= 4 is 27.9 Å². The van der Waals surface area contributed by atoms with Crippen molar-refractivity contribution in [1.82, 2.24) is 0 Å². The number of unbranched alkanes of at least 4 members (excludes halogenated alkanes) is 10. The zero-order valence-corrected chi connectivity index (χ0v) is 19.5. The fraction of sp³-hybridized carbons (Fsp3) is 0.667. The molecular weight excluding hydrogens is 432 g/mol. The summed E-state index contributed by atoms with van der Waals surface area (Å²) in [5.74, 6) is -0.0451. The molecule has 1 rings (SSSR count). The Balaban J connectivity index is 1.89. The third-order valence-electron chi connectivity index (χ3n) is 4.82. The number of hydrogen-bond donors (Lipinski definition) is 0. The number of halogens is 1. The zero-order valence-electron chi connectivity index (χ0n) is 17.9. The minimum absolute atomic E-state index is 0.212. The first-order chi connectivity index (χ1) is 14.1. The van der Waals surface area contributed by atoms with Crippen LogP contribution in [0.4, 0.5) is 0 Å². The maximum absolute atomic E-state index is 11.8. The van der Waals surface area contributed by atoms with E-state index in [9.17, 15) is 9.59 Å². The van der Waals surface area contributed by atoms with E-state index in [1.165, 1.54) is 57.8 Å². The van der Waals surface area contributed by atoms with Crippen molar-refractivity contribution in [2.24, 2.45) is 0 Å². The van der Waals surface area contributed by atoms with E-state index in [-0.39, 0.29) is 24.8 Å². The third kappa shape index (κ3) is 15.2. The van der Waals surface area contributed by atoms with Crippen LogP contribution < -0.4 is 4.74 Å². The van der Waals surface area contributed by atoms with Gasteiger partial charge < -0.3 is 9.47 Å². The van der Waals surface area contributed by atoms with E-state index in [2.05, 4.69) is 22.9 Å². The van der Waals surface area contributed by atoms with Gasteiger partial charge in [-0.3, -0.25) is 9.59 Å². The van der Waals surface area contributed by atoms with Crippen LogP contribution in [0.15, 0.2) is 28.7 Å². The first kappa shape index (κ1) is 25.7. The Morgan fingerprint density at radius 1 is 0.724 bits per heavy atom. The number of esters is 2. The molecule has 0 bridgehead atoms. The molecule has 0 atom stereocenters. The van der Waals surface area contributed by atoms with Crippen LogP contribution in [-0.2, 0) is 14.3 Å². The molecule has 1 aromatic rings. The average molecular weight is 469 g/mol. The molecule has 5 heteroatoms. The average Bonchev–Trinajstić information content (AvgIpc) is 2.70. The summed E-state index contributed by atoms with van der Waals surface area (Å²) in [7, 11) is 0. The van der Waals surface area contributed by atoms with Crippen LogP contribution in [0.2, 0.25) is 0 Å². The van der Waals surface area contributed by atoms with Crippen molar-refractivity contribution in [2.45, 2.75) is 96.8 Å². The molecule has 0 fully saturated rings. The van der Waals surface area contributed by atoms with Crippen molar-refractivity contribution < 1.29 is 19.1 Å². The van der Waals surface area contributed by atoms with Gasteiger partial charge in [-0.15, -0.1) is 0 Å². The first-order valence-electron chi connectivity index (χ1n) is 11.2. The number of carbonyl (C=O) groups is 2. The van der Waals surface area contributed by atoms with E-state index in [1.54, 1.807) is 12.1 Å². The van der Waals surface area contributed by atoms with Gasteiger partial charge in [-0.1, -0.05) is 87.1 Å². The summed E-state index contributed by atoms with van der Waals surface area (Å²) in [6.07, 6.45) is 14.9. The number of hydrogen-bond acceptors (Lipinski definition) is 4. The molecule has 4 nitrogen and oxygen atoms in total. The maximum Gasteiger partial charge on any atom is 0.311 e. The highest BCUT2D eigenvalue weighted by atomic mass is 79.9. The molecule has 0 aromatic heterocycles. The van der Waals surface area contributed by atoms with Crippen molar-refractivity contribution in [2.75, 3.05) is 6.61 Å². The molecule has 0 saturated carbocycles. The van der Waals surface area contributed by atoms with Gasteiger partial charge >= 0.3 is 11.9 Å². The van der Waals surface area contributed by atoms with Gasteiger partial charge in [-0.2, -0.15) is 0 Å². The summed E-state index contributed by atoms with van der Waals surface area (Å²) in [6, 6.07) is 7.08. The standard InChI is InChI=1S/C24H37BrO4/c1-2-3-4-5-6-7-8-9-10-11-12-20-28-23(26)14-13-15-24(27)29-22-18-16-21(25)17-19-22/h16-19H,2-15,20H2,1H3. The van der Waals surface area contributed by atoms with Crippen molar-refractivity contribution in [3.05, 3.63) is 28.7 Å². The van der Waals surface area contributed by atoms with E-state index in [0.29, 0.717) is 18.8 Å². The van der Waals surface area contributed by atoms with Crippen LogP contribution in [0, 0.1) is 0 Å². The Hall–Kier alpha value is -1.36.